The molecule has 4 aromatic heterocycles. The number of hydrogen-bond donors (Lipinski definition) is 0. The average Bonchev–Trinajstić information content (AvgIpc) is 3.34. The second kappa shape index (κ2) is 8.38. The van der Waals surface area contributed by atoms with Gasteiger partial charge >= 0.3 is 12.1 Å². The Hall–Kier alpha value is -3.41. The molecular weight excluding hydrogens is 433 g/mol. The Morgan fingerprint density at radius 2 is 1.97 bits per heavy atom. The average molecular weight is 448 g/mol. The summed E-state index contributed by atoms with van der Waals surface area (Å²) < 4.78 is 47.0. The van der Waals surface area contributed by atoms with Gasteiger partial charge in [-0.2, -0.15) is 13.2 Å². The molecule has 0 aliphatic carbocycles. The van der Waals surface area contributed by atoms with E-state index < -0.39 is 18.7 Å². The minimum atomic E-state index is -4.45. The fourth-order valence-electron chi connectivity index (χ4n) is 2.97. The van der Waals surface area contributed by atoms with Crippen LogP contribution in [0.15, 0.2) is 54.2 Å². The van der Waals surface area contributed by atoms with Crippen LogP contribution in [-0.4, -0.2) is 48.4 Å². The Labute approximate surface area is 178 Å². The monoisotopic (exact) mass is 448 g/mol. The molecule has 4 heterocycles. The molecule has 0 atom stereocenters. The van der Waals surface area contributed by atoms with Gasteiger partial charge in [0.05, 0.1) is 12.8 Å². The van der Waals surface area contributed by atoms with Crippen molar-refractivity contribution >= 4 is 23.4 Å². The van der Waals surface area contributed by atoms with Crippen LogP contribution in [0.2, 0.25) is 0 Å². The number of fused-ring (bicyclic) bond motifs is 1. The SMILES string of the molecule is COC(=O)c1cccn2cc(CSc3nnc(-c4ccncc4)n3CC(F)(F)F)nc12. The van der Waals surface area contributed by atoms with Crippen molar-refractivity contribution in [3.63, 3.8) is 0 Å². The molecule has 0 amide bonds. The molecule has 31 heavy (non-hydrogen) atoms. The highest BCUT2D eigenvalue weighted by Gasteiger charge is 2.31. The second-order valence-corrected chi connectivity index (χ2v) is 7.35. The zero-order valence-corrected chi connectivity index (χ0v) is 16.9. The second-order valence-electron chi connectivity index (χ2n) is 6.41. The van der Waals surface area contributed by atoms with Crippen LogP contribution in [0.3, 0.4) is 0 Å². The van der Waals surface area contributed by atoms with Gasteiger partial charge < -0.3 is 9.14 Å². The van der Waals surface area contributed by atoms with Crippen molar-refractivity contribution < 1.29 is 22.7 Å². The Balaban J connectivity index is 1.63. The van der Waals surface area contributed by atoms with E-state index in [4.69, 9.17) is 4.74 Å². The van der Waals surface area contributed by atoms with E-state index in [0.29, 0.717) is 22.5 Å². The minimum Gasteiger partial charge on any atom is -0.465 e. The molecule has 0 saturated carbocycles. The molecule has 4 aromatic rings. The molecular formula is C19H15F3N6O2S. The number of aromatic nitrogens is 6. The summed E-state index contributed by atoms with van der Waals surface area (Å²) in [6, 6.07) is 6.41. The van der Waals surface area contributed by atoms with Crippen LogP contribution in [0.4, 0.5) is 13.2 Å². The lowest BCUT2D eigenvalue weighted by atomic mass is 10.2. The van der Waals surface area contributed by atoms with Crippen molar-refractivity contribution in [2.75, 3.05) is 7.11 Å². The number of alkyl halides is 3. The van der Waals surface area contributed by atoms with Gasteiger partial charge in [0.15, 0.2) is 16.6 Å². The number of halogens is 3. The van der Waals surface area contributed by atoms with E-state index in [9.17, 15) is 18.0 Å². The number of methoxy groups -OCH3 is 1. The Morgan fingerprint density at radius 1 is 1.19 bits per heavy atom. The lowest BCUT2D eigenvalue weighted by Crippen LogP contribution is -2.19. The first kappa shape index (κ1) is 20.8. The molecule has 0 bridgehead atoms. The van der Waals surface area contributed by atoms with E-state index in [1.54, 1.807) is 41.1 Å². The van der Waals surface area contributed by atoms with Gasteiger partial charge in [-0.3, -0.25) is 9.55 Å². The number of pyridine rings is 2. The molecule has 0 aromatic carbocycles. The lowest BCUT2D eigenvalue weighted by Gasteiger charge is -2.12. The summed E-state index contributed by atoms with van der Waals surface area (Å²) in [6.07, 6.45) is 1.92. The Kier molecular flexibility index (Phi) is 5.63. The van der Waals surface area contributed by atoms with Gasteiger partial charge in [0, 0.05) is 36.1 Å². The van der Waals surface area contributed by atoms with Gasteiger partial charge in [-0.25, -0.2) is 9.78 Å². The van der Waals surface area contributed by atoms with Crippen molar-refractivity contribution in [3.8, 4) is 11.4 Å². The number of esters is 1. The van der Waals surface area contributed by atoms with E-state index in [-0.39, 0.29) is 16.7 Å². The predicted octanol–water partition coefficient (Wildman–Crippen LogP) is 3.63. The standard InChI is InChI=1S/C19H15F3N6O2S/c1-30-17(29)14-3-2-8-27-9-13(24-16(14)27)10-31-18-26-25-15(12-4-6-23-7-5-12)28(18)11-19(20,21)22/h2-9H,10-11H2,1H3. The Bertz CT molecular complexity index is 1220. The van der Waals surface area contributed by atoms with Crippen molar-refractivity contribution in [3.05, 3.63) is 60.3 Å². The highest BCUT2D eigenvalue weighted by molar-refractivity contribution is 7.98. The molecule has 160 valence electrons. The number of hydrogen-bond acceptors (Lipinski definition) is 7. The minimum absolute atomic E-state index is 0.102. The molecule has 0 unspecified atom stereocenters. The topological polar surface area (TPSA) is 87.2 Å². The number of ether oxygens (including phenoxy) is 1. The first-order valence-electron chi connectivity index (χ1n) is 8.94. The lowest BCUT2D eigenvalue weighted by molar-refractivity contribution is -0.141. The molecule has 0 aliphatic heterocycles. The van der Waals surface area contributed by atoms with Crippen molar-refractivity contribution in [2.24, 2.45) is 0 Å². The van der Waals surface area contributed by atoms with E-state index >= 15 is 0 Å². The van der Waals surface area contributed by atoms with Crippen molar-refractivity contribution in [1.82, 2.24) is 29.1 Å². The molecule has 8 nitrogen and oxygen atoms in total. The van der Waals surface area contributed by atoms with Crippen LogP contribution in [0.25, 0.3) is 17.0 Å². The summed E-state index contributed by atoms with van der Waals surface area (Å²) in [6.45, 7) is -1.22. The summed E-state index contributed by atoms with van der Waals surface area (Å²) >= 11 is 1.07. The third-order valence-corrected chi connectivity index (χ3v) is 5.28. The van der Waals surface area contributed by atoms with Crippen LogP contribution in [-0.2, 0) is 17.0 Å². The van der Waals surface area contributed by atoms with E-state index in [1.807, 2.05) is 0 Å². The van der Waals surface area contributed by atoms with Crippen LogP contribution in [0.5, 0.6) is 0 Å². The molecule has 0 fully saturated rings. The summed E-state index contributed by atoms with van der Waals surface area (Å²) in [5, 5.41) is 8.01. The van der Waals surface area contributed by atoms with Crippen LogP contribution < -0.4 is 0 Å². The van der Waals surface area contributed by atoms with Crippen LogP contribution in [0.1, 0.15) is 16.1 Å². The smallest absolute Gasteiger partial charge is 0.406 e. The number of carbonyl (C=O) groups excluding carboxylic acids is 1. The summed E-state index contributed by atoms with van der Waals surface area (Å²) in [7, 11) is 1.28. The normalized spacial score (nSPS) is 11.7. The highest BCUT2D eigenvalue weighted by Crippen LogP contribution is 2.30. The maximum absolute atomic E-state index is 13.2. The van der Waals surface area contributed by atoms with E-state index in [0.717, 1.165) is 16.3 Å². The summed E-state index contributed by atoms with van der Waals surface area (Å²) in [5.41, 5.74) is 1.74. The molecule has 0 aliphatic rings. The first-order chi connectivity index (χ1) is 14.9. The number of imidazole rings is 1. The van der Waals surface area contributed by atoms with Crippen LogP contribution >= 0.6 is 11.8 Å². The van der Waals surface area contributed by atoms with Gasteiger partial charge in [0.1, 0.15) is 12.1 Å². The zero-order chi connectivity index (χ0) is 22.0. The predicted molar refractivity (Wildman–Crippen MR) is 105 cm³/mol. The van der Waals surface area contributed by atoms with Gasteiger partial charge in [-0.15, -0.1) is 10.2 Å². The quantitative estimate of drug-likeness (QED) is 0.329. The van der Waals surface area contributed by atoms with Gasteiger partial charge in [0.25, 0.3) is 0 Å². The molecule has 0 saturated heterocycles. The number of carbonyl (C=O) groups is 1. The maximum atomic E-state index is 13.2. The maximum Gasteiger partial charge on any atom is 0.406 e. The largest absolute Gasteiger partial charge is 0.465 e. The first-order valence-corrected chi connectivity index (χ1v) is 9.92. The molecule has 0 N–H and O–H groups in total. The van der Waals surface area contributed by atoms with Gasteiger partial charge in [-0.1, -0.05) is 11.8 Å². The third kappa shape index (κ3) is 4.53. The zero-order valence-electron chi connectivity index (χ0n) is 16.1. The number of thioether (sulfide) groups is 1. The van der Waals surface area contributed by atoms with Crippen molar-refractivity contribution in [1.29, 1.82) is 0 Å². The Morgan fingerprint density at radius 3 is 2.68 bits per heavy atom. The molecule has 0 spiro atoms. The van der Waals surface area contributed by atoms with Crippen LogP contribution in [0, 0.1) is 0 Å². The molecule has 4 rings (SSSR count). The van der Waals surface area contributed by atoms with Gasteiger partial charge in [0.2, 0.25) is 0 Å². The number of rotatable bonds is 6. The number of nitrogens with zero attached hydrogens (tertiary/aromatic N) is 6. The highest BCUT2D eigenvalue weighted by atomic mass is 32.2. The van der Waals surface area contributed by atoms with Gasteiger partial charge in [-0.05, 0) is 24.3 Å². The fourth-order valence-corrected chi connectivity index (χ4v) is 3.79. The molecule has 12 heteroatoms. The summed E-state index contributed by atoms with van der Waals surface area (Å²) in [5.74, 6) is -0.193. The van der Waals surface area contributed by atoms with E-state index in [1.165, 1.54) is 19.5 Å². The van der Waals surface area contributed by atoms with E-state index in [2.05, 4.69) is 20.2 Å². The third-order valence-electron chi connectivity index (χ3n) is 4.28. The summed E-state index contributed by atoms with van der Waals surface area (Å²) in [4.78, 5) is 20.2. The molecule has 0 radical (unpaired) electrons. The fraction of sp³-hybridized carbons (Fsp3) is 0.211. The van der Waals surface area contributed by atoms with Crippen molar-refractivity contribution in [2.45, 2.75) is 23.6 Å².